The highest BCUT2D eigenvalue weighted by atomic mass is 16.5. The monoisotopic (exact) mass is 266 g/mol. The molecule has 0 bridgehead atoms. The SMILES string of the molecule is CCC1CCCCCN1C(=O)c1cc(C(=O)O)on1. The zero-order valence-electron chi connectivity index (χ0n) is 11.0. The number of nitrogens with zero attached hydrogens (tertiary/aromatic N) is 2. The minimum Gasteiger partial charge on any atom is -0.475 e. The molecule has 6 nitrogen and oxygen atoms in total. The lowest BCUT2D eigenvalue weighted by Gasteiger charge is -2.28. The van der Waals surface area contributed by atoms with Crippen LogP contribution in [0.4, 0.5) is 0 Å². The Morgan fingerprint density at radius 3 is 2.89 bits per heavy atom. The minimum absolute atomic E-state index is 0.0813. The number of carboxylic acid groups (broad SMARTS) is 1. The molecule has 0 aliphatic carbocycles. The van der Waals surface area contributed by atoms with Crippen molar-refractivity contribution < 1.29 is 19.2 Å². The van der Waals surface area contributed by atoms with Gasteiger partial charge in [-0.25, -0.2) is 4.79 Å². The highest BCUT2D eigenvalue weighted by Crippen LogP contribution is 2.21. The molecule has 104 valence electrons. The second-order valence-electron chi connectivity index (χ2n) is 4.79. The molecule has 1 saturated heterocycles. The molecule has 1 fully saturated rings. The molecule has 1 N–H and O–H groups in total. The summed E-state index contributed by atoms with van der Waals surface area (Å²) in [6, 6.07) is 1.41. The number of likely N-dealkylation sites (tertiary alicyclic amines) is 1. The summed E-state index contributed by atoms with van der Waals surface area (Å²) in [6.45, 7) is 2.76. The number of rotatable bonds is 3. The van der Waals surface area contributed by atoms with Crippen molar-refractivity contribution >= 4 is 11.9 Å². The third-order valence-electron chi connectivity index (χ3n) is 3.55. The predicted molar refractivity (Wildman–Crippen MR) is 67.0 cm³/mol. The summed E-state index contributed by atoms with van der Waals surface area (Å²) < 4.78 is 4.64. The highest BCUT2D eigenvalue weighted by Gasteiger charge is 2.27. The molecule has 0 spiro atoms. The summed E-state index contributed by atoms with van der Waals surface area (Å²) in [5.41, 5.74) is 0.0813. The number of aromatic carboxylic acids is 1. The van der Waals surface area contributed by atoms with Gasteiger partial charge in [-0.05, 0) is 19.3 Å². The molecule has 1 aliphatic rings. The van der Waals surface area contributed by atoms with Gasteiger partial charge in [-0.2, -0.15) is 0 Å². The van der Waals surface area contributed by atoms with Crippen molar-refractivity contribution in [2.75, 3.05) is 6.54 Å². The molecule has 2 rings (SSSR count). The van der Waals surface area contributed by atoms with E-state index in [4.69, 9.17) is 5.11 Å². The van der Waals surface area contributed by atoms with Gasteiger partial charge >= 0.3 is 5.97 Å². The fourth-order valence-electron chi connectivity index (χ4n) is 2.49. The summed E-state index contributed by atoms with van der Waals surface area (Å²) in [4.78, 5) is 24.9. The molecular formula is C13H18N2O4. The summed E-state index contributed by atoms with van der Waals surface area (Å²) in [6.07, 6.45) is 5.12. The average Bonchev–Trinajstić information content (AvgIpc) is 2.77. The maximum atomic E-state index is 12.4. The minimum atomic E-state index is -1.21. The molecule has 2 heterocycles. The van der Waals surface area contributed by atoms with Gasteiger partial charge in [0.15, 0.2) is 5.69 Å². The van der Waals surface area contributed by atoms with E-state index < -0.39 is 5.97 Å². The number of amides is 1. The van der Waals surface area contributed by atoms with Gasteiger partial charge in [-0.1, -0.05) is 24.9 Å². The van der Waals surface area contributed by atoms with E-state index in [1.54, 1.807) is 4.90 Å². The highest BCUT2D eigenvalue weighted by molar-refractivity contribution is 5.95. The van der Waals surface area contributed by atoms with Crippen LogP contribution in [0.3, 0.4) is 0 Å². The molecule has 1 aromatic rings. The van der Waals surface area contributed by atoms with Crippen LogP contribution < -0.4 is 0 Å². The molecule has 1 aromatic heterocycles. The van der Waals surface area contributed by atoms with E-state index in [0.29, 0.717) is 6.54 Å². The number of carboxylic acids is 1. The van der Waals surface area contributed by atoms with Crippen LogP contribution in [0.5, 0.6) is 0 Å². The largest absolute Gasteiger partial charge is 0.475 e. The van der Waals surface area contributed by atoms with Crippen molar-refractivity contribution in [2.24, 2.45) is 0 Å². The van der Waals surface area contributed by atoms with E-state index in [0.717, 1.165) is 32.1 Å². The predicted octanol–water partition coefficient (Wildman–Crippen LogP) is 2.17. The van der Waals surface area contributed by atoms with E-state index in [1.165, 1.54) is 6.07 Å². The maximum absolute atomic E-state index is 12.4. The van der Waals surface area contributed by atoms with Crippen LogP contribution in [0.25, 0.3) is 0 Å². The van der Waals surface area contributed by atoms with E-state index in [9.17, 15) is 9.59 Å². The Balaban J connectivity index is 2.17. The lowest BCUT2D eigenvalue weighted by Crippen LogP contribution is -2.39. The van der Waals surface area contributed by atoms with Crippen LogP contribution in [0.2, 0.25) is 0 Å². The quantitative estimate of drug-likeness (QED) is 0.906. The Morgan fingerprint density at radius 2 is 2.26 bits per heavy atom. The fraction of sp³-hybridized carbons (Fsp3) is 0.615. The van der Waals surface area contributed by atoms with Crippen molar-refractivity contribution in [3.05, 3.63) is 17.5 Å². The molecule has 19 heavy (non-hydrogen) atoms. The Bertz CT molecular complexity index is 469. The lowest BCUT2D eigenvalue weighted by molar-refractivity contribution is 0.0639. The lowest BCUT2D eigenvalue weighted by atomic mass is 10.1. The van der Waals surface area contributed by atoms with Gasteiger partial charge in [0.1, 0.15) is 0 Å². The third-order valence-corrected chi connectivity index (χ3v) is 3.55. The second kappa shape index (κ2) is 5.86. The standard InChI is InChI=1S/C13H18N2O4/c1-2-9-6-4-3-5-7-15(9)12(16)10-8-11(13(17)18)19-14-10/h8-9H,2-7H2,1H3,(H,17,18). The van der Waals surface area contributed by atoms with E-state index in [-0.39, 0.29) is 23.4 Å². The van der Waals surface area contributed by atoms with Crippen LogP contribution in [0.1, 0.15) is 60.1 Å². The summed E-state index contributed by atoms with van der Waals surface area (Å²) in [7, 11) is 0. The molecule has 1 aliphatic heterocycles. The van der Waals surface area contributed by atoms with Crippen molar-refractivity contribution in [3.8, 4) is 0 Å². The van der Waals surface area contributed by atoms with Crippen molar-refractivity contribution in [1.29, 1.82) is 0 Å². The van der Waals surface area contributed by atoms with Crippen molar-refractivity contribution in [1.82, 2.24) is 10.1 Å². The topological polar surface area (TPSA) is 83.6 Å². The Labute approximate surface area is 111 Å². The molecular weight excluding hydrogens is 248 g/mol. The fourth-order valence-corrected chi connectivity index (χ4v) is 2.49. The van der Waals surface area contributed by atoms with Crippen LogP contribution in [-0.4, -0.2) is 39.6 Å². The van der Waals surface area contributed by atoms with Crippen molar-refractivity contribution in [2.45, 2.75) is 45.1 Å². The normalized spacial score (nSPS) is 20.1. The molecule has 0 saturated carbocycles. The second-order valence-corrected chi connectivity index (χ2v) is 4.79. The Morgan fingerprint density at radius 1 is 1.47 bits per heavy atom. The first kappa shape index (κ1) is 13.6. The molecule has 6 heteroatoms. The number of aromatic nitrogens is 1. The van der Waals surface area contributed by atoms with Gasteiger partial charge in [-0.15, -0.1) is 0 Å². The first-order chi connectivity index (χ1) is 9.13. The van der Waals surface area contributed by atoms with E-state index in [1.807, 2.05) is 0 Å². The Kier molecular flexibility index (Phi) is 4.19. The molecule has 1 unspecified atom stereocenters. The summed E-state index contributed by atoms with van der Waals surface area (Å²) in [5, 5.41) is 12.3. The van der Waals surface area contributed by atoms with Crippen LogP contribution in [-0.2, 0) is 0 Å². The van der Waals surface area contributed by atoms with Crippen LogP contribution in [0, 0.1) is 0 Å². The zero-order chi connectivity index (χ0) is 13.8. The van der Waals surface area contributed by atoms with E-state index >= 15 is 0 Å². The summed E-state index contributed by atoms with van der Waals surface area (Å²) in [5.74, 6) is -1.74. The van der Waals surface area contributed by atoms with Gasteiger partial charge in [-0.3, -0.25) is 4.79 Å². The number of carbonyl (C=O) groups is 2. The first-order valence-corrected chi connectivity index (χ1v) is 6.64. The van der Waals surface area contributed by atoms with E-state index in [2.05, 4.69) is 16.6 Å². The zero-order valence-corrected chi connectivity index (χ0v) is 11.0. The maximum Gasteiger partial charge on any atom is 0.374 e. The molecule has 0 aromatic carbocycles. The summed E-state index contributed by atoms with van der Waals surface area (Å²) >= 11 is 0. The van der Waals surface area contributed by atoms with Gasteiger partial charge in [0.05, 0.1) is 0 Å². The van der Waals surface area contributed by atoms with Gasteiger partial charge in [0.2, 0.25) is 5.76 Å². The Hall–Kier alpha value is -1.85. The van der Waals surface area contributed by atoms with Gasteiger partial charge < -0.3 is 14.5 Å². The van der Waals surface area contributed by atoms with Crippen LogP contribution in [0.15, 0.2) is 10.6 Å². The number of hydrogen-bond donors (Lipinski definition) is 1. The average molecular weight is 266 g/mol. The van der Waals surface area contributed by atoms with Gasteiger partial charge in [0, 0.05) is 18.7 Å². The molecule has 1 amide bonds. The molecule has 0 radical (unpaired) electrons. The first-order valence-electron chi connectivity index (χ1n) is 6.64. The number of carbonyl (C=O) groups excluding carboxylic acids is 1. The number of hydrogen-bond acceptors (Lipinski definition) is 4. The van der Waals surface area contributed by atoms with Gasteiger partial charge in [0.25, 0.3) is 5.91 Å². The smallest absolute Gasteiger partial charge is 0.374 e. The third kappa shape index (κ3) is 2.94. The molecule has 1 atom stereocenters. The van der Waals surface area contributed by atoms with Crippen molar-refractivity contribution in [3.63, 3.8) is 0 Å². The van der Waals surface area contributed by atoms with Crippen LogP contribution >= 0.6 is 0 Å².